The predicted molar refractivity (Wildman–Crippen MR) is 126 cm³/mol. The van der Waals surface area contributed by atoms with Crippen molar-refractivity contribution in [2.75, 3.05) is 6.61 Å². The number of carbonyl (C=O) groups excluding carboxylic acids is 1. The lowest BCUT2D eigenvalue weighted by Crippen LogP contribution is -2.60. The minimum atomic E-state index is -3.55. The SMILES string of the molecule is C[C@]1(C(=O)N2[C@@H]3C[C@@H]3[C@@H](NS(=O)(=O)C3CC3)[C@H]2Cc2cccc(-c3cc(F)cc(F)c3)c2F)CCO1. The molecule has 0 aromatic heterocycles. The Kier molecular flexibility index (Phi) is 5.51. The van der Waals surface area contributed by atoms with Crippen molar-refractivity contribution in [3.63, 3.8) is 0 Å². The Labute approximate surface area is 207 Å². The van der Waals surface area contributed by atoms with E-state index < -0.39 is 50.4 Å². The number of nitrogens with one attached hydrogen (secondary N) is 1. The van der Waals surface area contributed by atoms with Gasteiger partial charge in [-0.05, 0) is 61.8 Å². The lowest BCUT2D eigenvalue weighted by molar-refractivity contribution is -0.183. The summed E-state index contributed by atoms with van der Waals surface area (Å²) in [6, 6.07) is 6.18. The molecule has 192 valence electrons. The molecule has 2 saturated heterocycles. The topological polar surface area (TPSA) is 75.7 Å². The minimum absolute atomic E-state index is 0.0383. The first-order chi connectivity index (χ1) is 17.1. The summed E-state index contributed by atoms with van der Waals surface area (Å²) in [4.78, 5) is 15.2. The maximum absolute atomic E-state index is 15.7. The predicted octanol–water partition coefficient (Wildman–Crippen LogP) is 3.54. The molecule has 2 aliphatic carbocycles. The summed E-state index contributed by atoms with van der Waals surface area (Å²) in [5.74, 6) is -2.52. The first-order valence-electron chi connectivity index (χ1n) is 12.3. The number of rotatable bonds is 7. The Hall–Kier alpha value is -2.43. The summed E-state index contributed by atoms with van der Waals surface area (Å²) in [7, 11) is -3.55. The van der Waals surface area contributed by atoms with Gasteiger partial charge in [-0.15, -0.1) is 0 Å². The molecule has 0 bridgehead atoms. The maximum Gasteiger partial charge on any atom is 0.255 e. The average molecular weight is 521 g/mol. The van der Waals surface area contributed by atoms with Crippen LogP contribution in [0.4, 0.5) is 13.2 Å². The minimum Gasteiger partial charge on any atom is -0.365 e. The monoisotopic (exact) mass is 520 g/mol. The van der Waals surface area contributed by atoms with Crippen molar-refractivity contribution in [2.24, 2.45) is 5.92 Å². The third-order valence-corrected chi connectivity index (χ3v) is 9.98. The van der Waals surface area contributed by atoms with Crippen LogP contribution in [0.5, 0.6) is 0 Å². The van der Waals surface area contributed by atoms with Gasteiger partial charge in [0.05, 0.1) is 17.9 Å². The summed E-state index contributed by atoms with van der Waals surface area (Å²) in [5, 5.41) is -0.421. The van der Waals surface area contributed by atoms with Gasteiger partial charge in [-0.1, -0.05) is 18.2 Å². The Morgan fingerprint density at radius 1 is 1.17 bits per heavy atom. The molecular weight excluding hydrogens is 493 g/mol. The number of sulfonamides is 1. The fourth-order valence-electron chi connectivity index (χ4n) is 5.71. The lowest BCUT2D eigenvalue weighted by Gasteiger charge is -2.43. The number of hydrogen-bond donors (Lipinski definition) is 1. The molecule has 0 unspecified atom stereocenters. The summed E-state index contributed by atoms with van der Waals surface area (Å²) in [6.07, 6.45) is 2.53. The molecule has 4 aliphatic rings. The molecule has 6 nitrogen and oxygen atoms in total. The molecule has 10 heteroatoms. The molecule has 1 amide bonds. The van der Waals surface area contributed by atoms with E-state index in [1.165, 1.54) is 6.07 Å². The fraction of sp³-hybridized carbons (Fsp3) is 0.500. The second-order valence-electron chi connectivity index (χ2n) is 10.6. The number of piperidine rings is 1. The van der Waals surface area contributed by atoms with E-state index in [4.69, 9.17) is 4.74 Å². The van der Waals surface area contributed by atoms with Crippen LogP contribution in [0.2, 0.25) is 0 Å². The molecule has 2 heterocycles. The van der Waals surface area contributed by atoms with Gasteiger partial charge in [0.1, 0.15) is 23.1 Å². The summed E-state index contributed by atoms with van der Waals surface area (Å²) in [5.41, 5.74) is -0.613. The van der Waals surface area contributed by atoms with E-state index in [0.29, 0.717) is 32.3 Å². The van der Waals surface area contributed by atoms with E-state index in [0.717, 1.165) is 18.2 Å². The number of halogens is 3. The van der Waals surface area contributed by atoms with Gasteiger partial charge in [0.2, 0.25) is 10.0 Å². The second kappa shape index (κ2) is 8.29. The number of benzene rings is 2. The molecule has 2 aromatic carbocycles. The van der Waals surface area contributed by atoms with Gasteiger partial charge < -0.3 is 9.64 Å². The van der Waals surface area contributed by atoms with Crippen molar-refractivity contribution in [3.05, 3.63) is 59.4 Å². The summed E-state index contributed by atoms with van der Waals surface area (Å²) < 4.78 is 77.4. The average Bonchev–Trinajstić information content (AvgIpc) is 3.70. The van der Waals surface area contributed by atoms with E-state index in [2.05, 4.69) is 4.72 Å². The Bertz CT molecular complexity index is 1320. The van der Waals surface area contributed by atoms with Crippen molar-refractivity contribution in [1.29, 1.82) is 0 Å². The number of likely N-dealkylation sites (tertiary alicyclic amines) is 1. The Morgan fingerprint density at radius 2 is 1.86 bits per heavy atom. The van der Waals surface area contributed by atoms with E-state index in [1.54, 1.807) is 24.0 Å². The van der Waals surface area contributed by atoms with Gasteiger partial charge in [-0.3, -0.25) is 4.79 Å². The van der Waals surface area contributed by atoms with Gasteiger partial charge in [-0.2, -0.15) is 0 Å². The molecule has 2 saturated carbocycles. The highest BCUT2D eigenvalue weighted by molar-refractivity contribution is 7.90. The van der Waals surface area contributed by atoms with E-state index in [9.17, 15) is 22.0 Å². The number of fused-ring (bicyclic) bond motifs is 1. The van der Waals surface area contributed by atoms with E-state index >= 15 is 4.39 Å². The van der Waals surface area contributed by atoms with Crippen molar-refractivity contribution in [2.45, 2.75) is 68.0 Å². The molecule has 36 heavy (non-hydrogen) atoms. The van der Waals surface area contributed by atoms with Crippen molar-refractivity contribution >= 4 is 15.9 Å². The zero-order valence-corrected chi connectivity index (χ0v) is 20.5. The van der Waals surface area contributed by atoms with Gasteiger partial charge in [0, 0.05) is 30.1 Å². The van der Waals surface area contributed by atoms with E-state index in [-0.39, 0.29) is 41.0 Å². The van der Waals surface area contributed by atoms with Crippen molar-refractivity contribution in [1.82, 2.24) is 9.62 Å². The van der Waals surface area contributed by atoms with E-state index in [1.807, 2.05) is 0 Å². The van der Waals surface area contributed by atoms with Crippen LogP contribution in [-0.4, -0.2) is 54.8 Å². The summed E-state index contributed by atoms with van der Waals surface area (Å²) >= 11 is 0. The molecule has 2 aromatic rings. The molecule has 6 rings (SSSR count). The largest absolute Gasteiger partial charge is 0.365 e. The lowest BCUT2D eigenvalue weighted by atomic mass is 9.91. The Balaban J connectivity index is 1.35. The highest BCUT2D eigenvalue weighted by Crippen LogP contribution is 2.51. The highest BCUT2D eigenvalue weighted by Gasteiger charge is 2.63. The first-order valence-corrected chi connectivity index (χ1v) is 13.8. The quantitative estimate of drug-likeness (QED) is 0.606. The van der Waals surface area contributed by atoms with Crippen LogP contribution < -0.4 is 4.72 Å². The third kappa shape index (κ3) is 4.03. The normalized spacial score (nSPS) is 31.2. The smallest absolute Gasteiger partial charge is 0.255 e. The first kappa shape index (κ1) is 23.9. The van der Waals surface area contributed by atoms with Crippen molar-refractivity contribution < 1.29 is 31.1 Å². The van der Waals surface area contributed by atoms with Gasteiger partial charge in [0.25, 0.3) is 5.91 Å². The second-order valence-corrected chi connectivity index (χ2v) is 12.6. The van der Waals surface area contributed by atoms with Crippen LogP contribution >= 0.6 is 0 Å². The molecule has 0 radical (unpaired) electrons. The number of hydrogen-bond acceptors (Lipinski definition) is 4. The molecule has 0 spiro atoms. The number of nitrogens with zero attached hydrogens (tertiary/aromatic N) is 1. The molecule has 4 fully saturated rings. The zero-order valence-electron chi connectivity index (χ0n) is 19.7. The maximum atomic E-state index is 15.7. The molecule has 2 aliphatic heterocycles. The molecule has 5 atom stereocenters. The van der Waals surface area contributed by atoms with Crippen LogP contribution in [0, 0.1) is 23.4 Å². The Morgan fingerprint density at radius 3 is 2.47 bits per heavy atom. The number of ether oxygens (including phenoxy) is 1. The van der Waals surface area contributed by atoms with Gasteiger partial charge in [-0.25, -0.2) is 26.3 Å². The highest BCUT2D eigenvalue weighted by atomic mass is 32.2. The standard InChI is InChI=1S/C26H27F3N2O4S/c1-26(7-8-35-26)25(32)31-21-13-20(21)24(30-36(33,34)18-5-6-18)22(31)11-14-3-2-4-19(23(14)29)15-9-16(27)12-17(28)10-15/h2-4,9-10,12,18,20-22,24,30H,5-8,11,13H2,1H3/t20-,21+,22+,24+,26+/m0/s1. The van der Waals surface area contributed by atoms with Crippen LogP contribution in [0.15, 0.2) is 36.4 Å². The van der Waals surface area contributed by atoms with Crippen LogP contribution in [-0.2, 0) is 26.0 Å². The van der Waals surface area contributed by atoms with Gasteiger partial charge in [0.15, 0.2) is 0 Å². The van der Waals surface area contributed by atoms with Crippen LogP contribution in [0.25, 0.3) is 11.1 Å². The van der Waals surface area contributed by atoms with Gasteiger partial charge >= 0.3 is 0 Å². The van der Waals surface area contributed by atoms with Crippen LogP contribution in [0.1, 0.15) is 38.2 Å². The molecule has 1 N–H and O–H groups in total. The molecular formula is C26H27F3N2O4S. The van der Waals surface area contributed by atoms with Crippen LogP contribution in [0.3, 0.4) is 0 Å². The number of amides is 1. The zero-order chi connectivity index (χ0) is 25.4. The van der Waals surface area contributed by atoms with Crippen molar-refractivity contribution in [3.8, 4) is 11.1 Å². The number of carbonyl (C=O) groups is 1. The third-order valence-electron chi connectivity index (χ3n) is 8.03. The summed E-state index contributed by atoms with van der Waals surface area (Å²) in [6.45, 7) is 2.21. The fourth-order valence-corrected chi connectivity index (χ4v) is 7.37.